The minimum atomic E-state index is -0.959. The molecule has 0 saturated heterocycles. The van der Waals surface area contributed by atoms with Gasteiger partial charge in [-0.15, -0.1) is 0 Å². The largest absolute Gasteiger partial charge is 0.482 e. The van der Waals surface area contributed by atoms with Crippen molar-refractivity contribution in [2.45, 2.75) is 12.2 Å². The molecular formula is C12H15BrO5. The van der Waals surface area contributed by atoms with E-state index in [9.17, 15) is 15.0 Å². The zero-order chi connectivity index (χ0) is 13.5. The Morgan fingerprint density at radius 3 is 2.44 bits per heavy atom. The molecule has 18 heavy (non-hydrogen) atoms. The van der Waals surface area contributed by atoms with Gasteiger partial charge in [-0.05, 0) is 17.7 Å². The lowest BCUT2D eigenvalue weighted by Gasteiger charge is -2.16. The predicted molar refractivity (Wildman–Crippen MR) is 68.7 cm³/mol. The zero-order valence-electron chi connectivity index (χ0n) is 9.88. The summed E-state index contributed by atoms with van der Waals surface area (Å²) in [5.41, 5.74) is 0.576. The maximum absolute atomic E-state index is 10.9. The van der Waals surface area contributed by atoms with Crippen molar-refractivity contribution in [1.29, 1.82) is 0 Å². The van der Waals surface area contributed by atoms with Crippen LogP contribution < -0.4 is 4.74 Å². The van der Waals surface area contributed by atoms with Crippen LogP contribution in [-0.2, 0) is 9.53 Å². The first-order valence-electron chi connectivity index (χ1n) is 5.30. The number of halogens is 1. The molecule has 0 bridgehead atoms. The van der Waals surface area contributed by atoms with Crippen LogP contribution in [0.25, 0.3) is 0 Å². The molecule has 0 radical (unpaired) electrons. The van der Waals surface area contributed by atoms with Crippen molar-refractivity contribution < 1.29 is 24.5 Å². The van der Waals surface area contributed by atoms with E-state index < -0.39 is 18.2 Å². The number of hydrogen-bond donors (Lipinski definition) is 2. The van der Waals surface area contributed by atoms with Gasteiger partial charge in [-0.3, -0.25) is 0 Å². The van der Waals surface area contributed by atoms with E-state index in [1.54, 1.807) is 24.3 Å². The number of methoxy groups -OCH3 is 1. The van der Waals surface area contributed by atoms with Crippen LogP contribution in [0.1, 0.15) is 11.7 Å². The van der Waals surface area contributed by atoms with Gasteiger partial charge < -0.3 is 19.7 Å². The molecule has 0 fully saturated rings. The van der Waals surface area contributed by atoms with Crippen molar-refractivity contribution in [2.75, 3.05) is 19.0 Å². The minimum absolute atomic E-state index is 0.164. The lowest BCUT2D eigenvalue weighted by Crippen LogP contribution is -2.19. The number of rotatable bonds is 6. The predicted octanol–water partition coefficient (Wildman–Crippen LogP) is 1.03. The Bertz CT molecular complexity index is 379. The van der Waals surface area contributed by atoms with Gasteiger partial charge in [-0.2, -0.15) is 0 Å². The number of aliphatic hydroxyl groups excluding tert-OH is 2. The molecule has 100 valence electrons. The third-order valence-electron chi connectivity index (χ3n) is 2.33. The standard InChI is InChI=1S/C12H15BrO5/c1-17-11(15)7-18-9-4-2-8(3-5-9)12(16)10(14)6-13/h2-5,10,12,14,16H,6-7H2,1H3. The van der Waals surface area contributed by atoms with Gasteiger partial charge in [-0.25, -0.2) is 4.79 Å². The Labute approximate surface area is 113 Å². The van der Waals surface area contributed by atoms with Crippen LogP contribution in [0.2, 0.25) is 0 Å². The molecule has 1 aromatic rings. The quantitative estimate of drug-likeness (QED) is 0.605. The Morgan fingerprint density at radius 2 is 1.94 bits per heavy atom. The highest BCUT2D eigenvalue weighted by Crippen LogP contribution is 2.21. The number of carbonyl (C=O) groups is 1. The summed E-state index contributed by atoms with van der Waals surface area (Å²) in [7, 11) is 1.28. The van der Waals surface area contributed by atoms with Gasteiger partial charge in [0.05, 0.1) is 13.2 Å². The molecule has 1 rings (SSSR count). The molecule has 0 spiro atoms. The smallest absolute Gasteiger partial charge is 0.343 e. The second-order valence-electron chi connectivity index (χ2n) is 3.60. The van der Waals surface area contributed by atoms with Crippen LogP contribution >= 0.6 is 15.9 Å². The Balaban J connectivity index is 2.59. The molecule has 2 N–H and O–H groups in total. The molecule has 0 heterocycles. The summed E-state index contributed by atoms with van der Waals surface area (Å²) in [6.45, 7) is -0.164. The molecule has 0 aliphatic heterocycles. The normalized spacial score (nSPS) is 13.8. The molecule has 2 unspecified atom stereocenters. The number of benzene rings is 1. The second kappa shape index (κ2) is 7.35. The average Bonchev–Trinajstić information content (AvgIpc) is 2.43. The second-order valence-corrected chi connectivity index (χ2v) is 4.25. The van der Waals surface area contributed by atoms with Crippen LogP contribution in [0.3, 0.4) is 0 Å². The van der Waals surface area contributed by atoms with E-state index in [2.05, 4.69) is 20.7 Å². The number of aliphatic hydroxyl groups is 2. The first-order chi connectivity index (χ1) is 8.58. The highest BCUT2D eigenvalue weighted by molar-refractivity contribution is 9.09. The molecule has 5 nitrogen and oxygen atoms in total. The number of ether oxygens (including phenoxy) is 2. The number of carbonyl (C=O) groups excluding carboxylic acids is 1. The van der Waals surface area contributed by atoms with Crippen LogP contribution in [0.5, 0.6) is 5.75 Å². The van der Waals surface area contributed by atoms with Crippen molar-refractivity contribution in [3.05, 3.63) is 29.8 Å². The summed E-state index contributed by atoms with van der Waals surface area (Å²) in [6, 6.07) is 6.48. The average molecular weight is 319 g/mol. The highest BCUT2D eigenvalue weighted by Gasteiger charge is 2.16. The summed E-state index contributed by atoms with van der Waals surface area (Å²) in [5, 5.41) is 19.5. The molecular weight excluding hydrogens is 304 g/mol. The molecule has 0 aromatic heterocycles. The summed E-state index contributed by atoms with van der Waals surface area (Å²) in [5.74, 6) is 0.0264. The van der Waals surface area contributed by atoms with Crippen LogP contribution in [0.15, 0.2) is 24.3 Å². The lowest BCUT2D eigenvalue weighted by atomic mass is 10.1. The SMILES string of the molecule is COC(=O)COc1ccc(C(O)C(O)CBr)cc1. The molecule has 2 atom stereocenters. The van der Waals surface area contributed by atoms with Crippen molar-refractivity contribution in [3.63, 3.8) is 0 Å². The third-order valence-corrected chi connectivity index (χ3v) is 2.99. The molecule has 0 aliphatic rings. The van der Waals surface area contributed by atoms with Crippen molar-refractivity contribution in [1.82, 2.24) is 0 Å². The van der Waals surface area contributed by atoms with E-state index in [0.29, 0.717) is 11.3 Å². The van der Waals surface area contributed by atoms with E-state index >= 15 is 0 Å². The molecule has 0 aliphatic carbocycles. The lowest BCUT2D eigenvalue weighted by molar-refractivity contribution is -0.142. The fourth-order valence-corrected chi connectivity index (χ4v) is 1.62. The zero-order valence-corrected chi connectivity index (χ0v) is 11.5. The Morgan fingerprint density at radius 1 is 1.33 bits per heavy atom. The van der Waals surface area contributed by atoms with Crippen molar-refractivity contribution in [3.8, 4) is 5.75 Å². The van der Waals surface area contributed by atoms with Gasteiger partial charge in [0, 0.05) is 5.33 Å². The number of hydrogen-bond acceptors (Lipinski definition) is 5. The van der Waals surface area contributed by atoms with Gasteiger partial charge >= 0.3 is 5.97 Å². The van der Waals surface area contributed by atoms with Crippen molar-refractivity contribution in [2.24, 2.45) is 0 Å². The van der Waals surface area contributed by atoms with E-state index in [-0.39, 0.29) is 11.9 Å². The monoisotopic (exact) mass is 318 g/mol. The van der Waals surface area contributed by atoms with Crippen LogP contribution in [-0.4, -0.2) is 41.3 Å². The van der Waals surface area contributed by atoms with Gasteiger partial charge in [0.2, 0.25) is 0 Å². The topological polar surface area (TPSA) is 76.0 Å². The van der Waals surface area contributed by atoms with Gasteiger partial charge in [-0.1, -0.05) is 28.1 Å². The maximum atomic E-state index is 10.9. The van der Waals surface area contributed by atoms with E-state index in [1.165, 1.54) is 7.11 Å². The molecule has 0 amide bonds. The van der Waals surface area contributed by atoms with Gasteiger partial charge in [0.15, 0.2) is 6.61 Å². The fourth-order valence-electron chi connectivity index (χ4n) is 1.27. The first kappa shape index (κ1) is 14.9. The maximum Gasteiger partial charge on any atom is 0.343 e. The Hall–Kier alpha value is -1.11. The molecule has 6 heteroatoms. The molecule has 0 saturated carbocycles. The minimum Gasteiger partial charge on any atom is -0.482 e. The van der Waals surface area contributed by atoms with E-state index in [1.807, 2.05) is 0 Å². The Kier molecular flexibility index (Phi) is 6.11. The summed E-state index contributed by atoms with van der Waals surface area (Å²) >= 11 is 3.09. The third kappa shape index (κ3) is 4.29. The van der Waals surface area contributed by atoms with Gasteiger partial charge in [0.25, 0.3) is 0 Å². The first-order valence-corrected chi connectivity index (χ1v) is 6.42. The fraction of sp³-hybridized carbons (Fsp3) is 0.417. The number of alkyl halides is 1. The highest BCUT2D eigenvalue weighted by atomic mass is 79.9. The van der Waals surface area contributed by atoms with E-state index in [0.717, 1.165) is 0 Å². The van der Waals surface area contributed by atoms with Gasteiger partial charge in [0.1, 0.15) is 11.9 Å². The summed E-state index contributed by atoms with van der Waals surface area (Å²) < 4.78 is 9.59. The summed E-state index contributed by atoms with van der Waals surface area (Å²) in [4.78, 5) is 10.9. The molecule has 1 aromatic carbocycles. The van der Waals surface area contributed by atoms with Crippen LogP contribution in [0.4, 0.5) is 0 Å². The van der Waals surface area contributed by atoms with Crippen LogP contribution in [0, 0.1) is 0 Å². The summed E-state index contributed by atoms with van der Waals surface area (Å²) in [6.07, 6.45) is -1.83. The van der Waals surface area contributed by atoms with Crippen molar-refractivity contribution >= 4 is 21.9 Å². The van der Waals surface area contributed by atoms with E-state index in [4.69, 9.17) is 4.74 Å². The number of esters is 1.